The van der Waals surface area contributed by atoms with Gasteiger partial charge in [0.15, 0.2) is 0 Å². The second-order valence-corrected chi connectivity index (χ2v) is 5.70. The van der Waals surface area contributed by atoms with Crippen molar-refractivity contribution in [1.82, 2.24) is 0 Å². The monoisotopic (exact) mass is 277 g/mol. The number of carbonyl (C=O) groups excluding carboxylic acids is 1. The van der Waals surface area contributed by atoms with Crippen LogP contribution in [0.25, 0.3) is 0 Å². The minimum atomic E-state index is -0.284. The van der Waals surface area contributed by atoms with Crippen LogP contribution >= 0.6 is 0 Å². The Balaban J connectivity index is 0.000000612. The Hall–Kier alpha value is -1.33. The molecule has 1 aliphatic heterocycles. The maximum Gasteiger partial charge on any atom is 0.494 e. The molecule has 20 heavy (non-hydrogen) atoms. The third-order valence-electron chi connectivity index (χ3n) is 3.70. The lowest BCUT2D eigenvalue weighted by Gasteiger charge is -2.32. The standard InChI is InChI=1S/C13H20BNO2.C2H4O/c1-12(2)13(3,4)17-14(16-12)10-7-6-8-11(9-10)15-5;1-2-3/h6-9,15H,1-5H3;2H,1H3. The van der Waals surface area contributed by atoms with E-state index in [-0.39, 0.29) is 18.3 Å². The molecule has 110 valence electrons. The first-order valence-corrected chi connectivity index (χ1v) is 6.80. The summed E-state index contributed by atoms with van der Waals surface area (Å²) in [5, 5.41) is 3.12. The van der Waals surface area contributed by atoms with Crippen molar-refractivity contribution in [2.75, 3.05) is 12.4 Å². The van der Waals surface area contributed by atoms with E-state index in [9.17, 15) is 0 Å². The summed E-state index contributed by atoms with van der Waals surface area (Å²) in [6.45, 7) is 9.70. The number of hydrogen-bond acceptors (Lipinski definition) is 4. The van der Waals surface area contributed by atoms with Crippen LogP contribution in [-0.2, 0) is 14.1 Å². The maximum atomic E-state index is 8.81. The van der Waals surface area contributed by atoms with E-state index in [2.05, 4.69) is 39.1 Å². The molecule has 0 saturated carbocycles. The zero-order valence-electron chi connectivity index (χ0n) is 13.2. The topological polar surface area (TPSA) is 47.6 Å². The first-order valence-electron chi connectivity index (χ1n) is 6.80. The van der Waals surface area contributed by atoms with Crippen LogP contribution in [-0.4, -0.2) is 31.7 Å². The molecule has 0 aliphatic carbocycles. The summed E-state index contributed by atoms with van der Waals surface area (Å²) in [7, 11) is 1.62. The molecule has 1 heterocycles. The molecule has 0 unspecified atom stereocenters. The van der Waals surface area contributed by atoms with Crippen LogP contribution in [0.15, 0.2) is 24.3 Å². The Morgan fingerprint density at radius 1 is 1.15 bits per heavy atom. The van der Waals surface area contributed by atoms with Crippen molar-refractivity contribution >= 4 is 24.6 Å². The third-order valence-corrected chi connectivity index (χ3v) is 3.70. The summed E-state index contributed by atoms with van der Waals surface area (Å²) >= 11 is 0. The molecule has 0 spiro atoms. The van der Waals surface area contributed by atoms with Crippen LogP contribution in [0.4, 0.5) is 5.69 Å². The average Bonchev–Trinajstić information content (AvgIpc) is 2.60. The molecule has 0 bridgehead atoms. The molecule has 1 aromatic rings. The second kappa shape index (κ2) is 6.42. The Morgan fingerprint density at radius 2 is 1.65 bits per heavy atom. The van der Waals surface area contributed by atoms with Crippen LogP contribution in [0, 0.1) is 0 Å². The largest absolute Gasteiger partial charge is 0.494 e. The van der Waals surface area contributed by atoms with E-state index in [1.165, 1.54) is 6.92 Å². The van der Waals surface area contributed by atoms with Crippen LogP contribution in [0.2, 0.25) is 0 Å². The van der Waals surface area contributed by atoms with Crippen LogP contribution in [0.5, 0.6) is 0 Å². The van der Waals surface area contributed by atoms with E-state index >= 15 is 0 Å². The van der Waals surface area contributed by atoms with Crippen molar-refractivity contribution in [3.8, 4) is 0 Å². The average molecular weight is 277 g/mol. The summed E-state index contributed by atoms with van der Waals surface area (Å²) in [6.07, 6.45) is 0.750. The molecule has 0 aromatic heterocycles. The van der Waals surface area contributed by atoms with Gasteiger partial charge in [-0.15, -0.1) is 0 Å². The predicted molar refractivity (Wildman–Crippen MR) is 83.4 cm³/mol. The normalized spacial score (nSPS) is 19.0. The highest BCUT2D eigenvalue weighted by atomic mass is 16.7. The summed E-state index contributed by atoms with van der Waals surface area (Å²) < 4.78 is 12.0. The molecular weight excluding hydrogens is 253 g/mol. The Kier molecular flexibility index (Phi) is 5.37. The van der Waals surface area contributed by atoms with E-state index in [0.717, 1.165) is 17.4 Å². The van der Waals surface area contributed by atoms with E-state index in [4.69, 9.17) is 14.1 Å². The number of nitrogens with one attached hydrogen (secondary N) is 1. The van der Waals surface area contributed by atoms with Crippen LogP contribution in [0.3, 0.4) is 0 Å². The lowest BCUT2D eigenvalue weighted by molar-refractivity contribution is -0.106. The van der Waals surface area contributed by atoms with E-state index in [1.807, 2.05) is 25.2 Å². The van der Waals surface area contributed by atoms with Gasteiger partial charge in [0, 0.05) is 12.7 Å². The van der Waals surface area contributed by atoms with Crippen molar-refractivity contribution in [3.63, 3.8) is 0 Å². The van der Waals surface area contributed by atoms with Crippen molar-refractivity contribution in [2.24, 2.45) is 0 Å². The SMILES string of the molecule is CC=O.CNc1cccc(B2OC(C)(C)C(C)(C)O2)c1. The Bertz CT molecular complexity index is 444. The van der Waals surface area contributed by atoms with Gasteiger partial charge in [-0.2, -0.15) is 0 Å². The summed E-state index contributed by atoms with van der Waals surface area (Å²) in [6, 6.07) is 8.12. The van der Waals surface area contributed by atoms with Gasteiger partial charge < -0.3 is 19.4 Å². The molecule has 0 radical (unpaired) electrons. The summed E-state index contributed by atoms with van der Waals surface area (Å²) in [5.41, 5.74) is 1.55. The van der Waals surface area contributed by atoms with Crippen molar-refractivity contribution in [2.45, 2.75) is 45.8 Å². The van der Waals surface area contributed by atoms with Crippen molar-refractivity contribution < 1.29 is 14.1 Å². The molecule has 1 aromatic carbocycles. The quantitative estimate of drug-likeness (QED) is 0.665. The maximum absolute atomic E-state index is 8.81. The van der Waals surface area contributed by atoms with Gasteiger partial charge in [0.25, 0.3) is 0 Å². The zero-order valence-corrected chi connectivity index (χ0v) is 13.2. The second-order valence-electron chi connectivity index (χ2n) is 5.70. The van der Waals surface area contributed by atoms with E-state index in [1.54, 1.807) is 0 Å². The van der Waals surface area contributed by atoms with Gasteiger partial charge in [-0.05, 0) is 52.2 Å². The fourth-order valence-corrected chi connectivity index (χ4v) is 1.82. The van der Waals surface area contributed by atoms with Gasteiger partial charge in [0.1, 0.15) is 6.29 Å². The van der Waals surface area contributed by atoms with Crippen molar-refractivity contribution in [1.29, 1.82) is 0 Å². The number of rotatable bonds is 2. The van der Waals surface area contributed by atoms with Gasteiger partial charge in [-0.25, -0.2) is 0 Å². The summed E-state index contributed by atoms with van der Waals surface area (Å²) in [5.74, 6) is 0. The van der Waals surface area contributed by atoms with Crippen LogP contribution in [0.1, 0.15) is 34.6 Å². The molecule has 4 nitrogen and oxygen atoms in total. The fourth-order valence-electron chi connectivity index (χ4n) is 1.82. The Labute approximate surface area is 122 Å². The molecular formula is C15H24BNO3. The molecule has 1 fully saturated rings. The predicted octanol–water partition coefficient (Wildman–Crippen LogP) is 2.23. The fraction of sp³-hybridized carbons (Fsp3) is 0.533. The highest BCUT2D eigenvalue weighted by Gasteiger charge is 2.51. The molecule has 1 N–H and O–H groups in total. The molecule has 0 atom stereocenters. The molecule has 5 heteroatoms. The summed E-state index contributed by atoms with van der Waals surface area (Å²) in [4.78, 5) is 8.81. The lowest BCUT2D eigenvalue weighted by atomic mass is 9.79. The first kappa shape index (κ1) is 16.7. The van der Waals surface area contributed by atoms with Crippen LogP contribution < -0.4 is 10.8 Å². The third kappa shape index (κ3) is 3.61. The highest BCUT2D eigenvalue weighted by Crippen LogP contribution is 2.36. The number of anilines is 1. The van der Waals surface area contributed by atoms with Crippen molar-refractivity contribution in [3.05, 3.63) is 24.3 Å². The number of benzene rings is 1. The number of hydrogen-bond donors (Lipinski definition) is 1. The lowest BCUT2D eigenvalue weighted by Crippen LogP contribution is -2.41. The van der Waals surface area contributed by atoms with E-state index < -0.39 is 0 Å². The number of aldehydes is 1. The molecule has 1 aliphatic rings. The highest BCUT2D eigenvalue weighted by molar-refractivity contribution is 6.62. The first-order chi connectivity index (χ1) is 9.27. The smallest absolute Gasteiger partial charge is 0.399 e. The minimum absolute atomic E-state index is 0.284. The Morgan fingerprint density at radius 3 is 2.10 bits per heavy atom. The molecule has 2 rings (SSSR count). The van der Waals surface area contributed by atoms with Gasteiger partial charge in [0.2, 0.25) is 0 Å². The zero-order chi connectivity index (χ0) is 15.4. The van der Waals surface area contributed by atoms with Gasteiger partial charge in [-0.3, -0.25) is 0 Å². The number of carbonyl (C=O) groups is 1. The van der Waals surface area contributed by atoms with Gasteiger partial charge in [-0.1, -0.05) is 12.1 Å². The van der Waals surface area contributed by atoms with Gasteiger partial charge in [0.05, 0.1) is 11.2 Å². The molecule has 1 saturated heterocycles. The minimum Gasteiger partial charge on any atom is -0.399 e. The molecule has 0 amide bonds. The van der Waals surface area contributed by atoms with E-state index in [0.29, 0.717) is 0 Å². The van der Waals surface area contributed by atoms with Gasteiger partial charge >= 0.3 is 7.12 Å².